The normalized spacial score (nSPS) is 11.8. The van der Waals surface area contributed by atoms with Gasteiger partial charge in [-0.15, -0.1) is 0 Å². The molecule has 5 nitrogen and oxygen atoms in total. The van der Waals surface area contributed by atoms with Crippen molar-refractivity contribution >= 4 is 17.6 Å². The van der Waals surface area contributed by atoms with Crippen LogP contribution in [0, 0.1) is 11.3 Å². The van der Waals surface area contributed by atoms with Crippen LogP contribution < -0.4 is 9.47 Å². The van der Waals surface area contributed by atoms with Gasteiger partial charge in [-0.2, -0.15) is 5.26 Å². The molecule has 0 spiro atoms. The van der Waals surface area contributed by atoms with Gasteiger partial charge in [-0.3, -0.25) is 0 Å². The maximum Gasteiger partial charge on any atom is 0.338 e. The summed E-state index contributed by atoms with van der Waals surface area (Å²) in [5.74, 6) is 0.327. The first-order chi connectivity index (χ1) is 10.7. The van der Waals surface area contributed by atoms with Crippen LogP contribution in [0.3, 0.4) is 0 Å². The van der Waals surface area contributed by atoms with E-state index in [4.69, 9.17) is 31.1 Å². The molecule has 0 saturated carbocycles. The third-order valence-corrected chi connectivity index (χ3v) is 3.37. The number of carbonyl (C=O) groups excluding carboxylic acids is 1. The molecule has 0 amide bonds. The summed E-state index contributed by atoms with van der Waals surface area (Å²) in [5, 5.41) is 9.14. The molecular weight excluding hydrogens is 306 g/mol. The summed E-state index contributed by atoms with van der Waals surface area (Å²) in [5.41, 5.74) is 1.53. The zero-order valence-electron chi connectivity index (χ0n) is 11.3. The van der Waals surface area contributed by atoms with E-state index in [1.807, 2.05) is 6.07 Å². The van der Waals surface area contributed by atoms with Crippen LogP contribution in [0.5, 0.6) is 11.5 Å². The molecule has 0 atom stereocenters. The number of benzene rings is 2. The summed E-state index contributed by atoms with van der Waals surface area (Å²) < 4.78 is 15.6. The van der Waals surface area contributed by atoms with Gasteiger partial charge in [0.15, 0.2) is 11.5 Å². The highest BCUT2D eigenvalue weighted by Crippen LogP contribution is 2.39. The average Bonchev–Trinajstić information content (AvgIpc) is 3.02. The van der Waals surface area contributed by atoms with Gasteiger partial charge in [0.2, 0.25) is 6.79 Å². The lowest BCUT2D eigenvalue weighted by Gasteiger charge is -2.07. The third kappa shape index (κ3) is 2.83. The first kappa shape index (κ1) is 14.2. The van der Waals surface area contributed by atoms with Gasteiger partial charge >= 0.3 is 5.97 Å². The van der Waals surface area contributed by atoms with Crippen molar-refractivity contribution in [1.82, 2.24) is 0 Å². The van der Waals surface area contributed by atoms with Crippen molar-refractivity contribution in [3.63, 3.8) is 0 Å². The molecule has 22 heavy (non-hydrogen) atoms. The summed E-state index contributed by atoms with van der Waals surface area (Å²) in [6, 6.07) is 11.9. The van der Waals surface area contributed by atoms with Gasteiger partial charge in [-0.1, -0.05) is 23.7 Å². The molecule has 6 heteroatoms. The Balaban J connectivity index is 1.72. The number of hydrogen-bond donors (Lipinski definition) is 0. The van der Waals surface area contributed by atoms with E-state index in [1.165, 1.54) is 12.1 Å². The lowest BCUT2D eigenvalue weighted by Crippen LogP contribution is -2.05. The zero-order chi connectivity index (χ0) is 15.5. The maximum absolute atomic E-state index is 12.1. The Hall–Kier alpha value is -2.71. The number of hydrogen-bond acceptors (Lipinski definition) is 5. The molecule has 0 bridgehead atoms. The Morgan fingerprint density at radius 3 is 3.00 bits per heavy atom. The average molecular weight is 316 g/mol. The van der Waals surface area contributed by atoms with Crippen LogP contribution in [0.15, 0.2) is 36.4 Å². The fraction of sp³-hybridized carbons (Fsp3) is 0.125. The molecule has 1 aliphatic rings. The van der Waals surface area contributed by atoms with Gasteiger partial charge in [0.25, 0.3) is 0 Å². The van der Waals surface area contributed by atoms with E-state index in [1.54, 1.807) is 24.3 Å². The summed E-state index contributed by atoms with van der Waals surface area (Å²) in [7, 11) is 0. The number of nitriles is 1. The molecule has 0 aliphatic carbocycles. The number of halogens is 1. The van der Waals surface area contributed by atoms with E-state index < -0.39 is 5.97 Å². The third-order valence-electron chi connectivity index (χ3n) is 3.09. The van der Waals surface area contributed by atoms with Crippen molar-refractivity contribution in [3.8, 4) is 17.6 Å². The molecule has 0 N–H and O–H groups in total. The number of nitrogens with zero attached hydrogens (tertiary/aromatic N) is 1. The summed E-state index contributed by atoms with van der Waals surface area (Å²) in [6.07, 6.45) is 0. The summed E-state index contributed by atoms with van der Waals surface area (Å²) in [6.45, 7) is 0.148. The Labute approximate surface area is 131 Å². The second-order valence-corrected chi connectivity index (χ2v) is 4.99. The summed E-state index contributed by atoms with van der Waals surface area (Å²) in [4.78, 5) is 12.1. The van der Waals surface area contributed by atoms with Gasteiger partial charge < -0.3 is 14.2 Å². The van der Waals surface area contributed by atoms with E-state index in [9.17, 15) is 4.79 Å². The minimum absolute atomic E-state index is 0.0699. The highest BCUT2D eigenvalue weighted by molar-refractivity contribution is 6.32. The van der Waals surface area contributed by atoms with Crippen LogP contribution in [0.2, 0.25) is 5.02 Å². The Morgan fingerprint density at radius 1 is 1.32 bits per heavy atom. The van der Waals surface area contributed by atoms with Crippen LogP contribution in [-0.4, -0.2) is 12.8 Å². The smallest absolute Gasteiger partial charge is 0.338 e. The highest BCUT2D eigenvalue weighted by atomic mass is 35.5. The molecule has 0 saturated heterocycles. The zero-order valence-corrected chi connectivity index (χ0v) is 12.1. The van der Waals surface area contributed by atoms with Gasteiger partial charge in [-0.05, 0) is 29.8 Å². The lowest BCUT2D eigenvalue weighted by atomic mass is 10.1. The van der Waals surface area contributed by atoms with Crippen LogP contribution in [0.4, 0.5) is 0 Å². The molecule has 0 unspecified atom stereocenters. The van der Waals surface area contributed by atoms with Crippen molar-refractivity contribution in [3.05, 3.63) is 58.1 Å². The van der Waals surface area contributed by atoms with Crippen molar-refractivity contribution < 1.29 is 19.0 Å². The molecule has 1 aliphatic heterocycles. The largest absolute Gasteiger partial charge is 0.457 e. The quantitative estimate of drug-likeness (QED) is 0.813. The minimum Gasteiger partial charge on any atom is -0.457 e. The van der Waals surface area contributed by atoms with Crippen LogP contribution in [0.1, 0.15) is 21.5 Å². The molecule has 0 radical (unpaired) electrons. The molecule has 0 aromatic heterocycles. The van der Waals surface area contributed by atoms with Crippen LogP contribution in [-0.2, 0) is 11.3 Å². The topological polar surface area (TPSA) is 68.5 Å². The predicted molar refractivity (Wildman–Crippen MR) is 77.9 cm³/mol. The lowest BCUT2D eigenvalue weighted by molar-refractivity contribution is 0.0472. The monoisotopic (exact) mass is 315 g/mol. The molecular formula is C16H10ClNO4. The SMILES string of the molecule is N#Cc1cccc(COC(=O)c2cc(Cl)c3c(c2)OCO3)c1. The molecule has 0 fully saturated rings. The number of rotatable bonds is 3. The Morgan fingerprint density at radius 2 is 2.18 bits per heavy atom. The number of carbonyl (C=O) groups is 1. The standard InChI is InChI=1S/C16H10ClNO4/c17-13-5-12(6-14-15(13)22-9-21-14)16(19)20-8-11-3-1-2-10(4-11)7-18/h1-6H,8-9H2. The first-order valence-corrected chi connectivity index (χ1v) is 6.80. The van der Waals surface area contributed by atoms with E-state index in [0.29, 0.717) is 22.1 Å². The molecule has 1 heterocycles. The predicted octanol–water partition coefficient (Wildman–Crippen LogP) is 3.30. The van der Waals surface area contributed by atoms with Crippen LogP contribution >= 0.6 is 11.6 Å². The summed E-state index contributed by atoms with van der Waals surface area (Å²) >= 11 is 6.03. The van der Waals surface area contributed by atoms with E-state index in [-0.39, 0.29) is 19.0 Å². The first-order valence-electron chi connectivity index (χ1n) is 6.42. The van der Waals surface area contributed by atoms with Crippen molar-refractivity contribution in [2.75, 3.05) is 6.79 Å². The number of ether oxygens (including phenoxy) is 3. The number of esters is 1. The van der Waals surface area contributed by atoms with Gasteiger partial charge in [-0.25, -0.2) is 4.79 Å². The second kappa shape index (κ2) is 5.96. The fourth-order valence-corrected chi connectivity index (χ4v) is 2.31. The minimum atomic E-state index is -0.525. The fourth-order valence-electron chi connectivity index (χ4n) is 2.05. The van der Waals surface area contributed by atoms with Gasteiger partial charge in [0.1, 0.15) is 6.61 Å². The highest BCUT2D eigenvalue weighted by Gasteiger charge is 2.21. The van der Waals surface area contributed by atoms with Crippen molar-refractivity contribution in [2.24, 2.45) is 0 Å². The Kier molecular flexibility index (Phi) is 3.86. The van der Waals surface area contributed by atoms with Crippen molar-refractivity contribution in [2.45, 2.75) is 6.61 Å². The second-order valence-electron chi connectivity index (χ2n) is 4.58. The van der Waals surface area contributed by atoms with Gasteiger partial charge in [0.05, 0.1) is 22.2 Å². The van der Waals surface area contributed by atoms with E-state index >= 15 is 0 Å². The maximum atomic E-state index is 12.1. The van der Waals surface area contributed by atoms with E-state index in [2.05, 4.69) is 0 Å². The molecule has 3 rings (SSSR count). The van der Waals surface area contributed by atoms with Crippen molar-refractivity contribution in [1.29, 1.82) is 5.26 Å². The van der Waals surface area contributed by atoms with Crippen LogP contribution in [0.25, 0.3) is 0 Å². The number of fused-ring (bicyclic) bond motifs is 1. The van der Waals surface area contributed by atoms with Gasteiger partial charge in [0, 0.05) is 0 Å². The molecule has 2 aromatic rings. The Bertz CT molecular complexity index is 782. The molecule has 2 aromatic carbocycles. The molecule has 110 valence electrons. The van der Waals surface area contributed by atoms with E-state index in [0.717, 1.165) is 5.56 Å².